The minimum atomic E-state index is -1.85. The molecule has 19 nitrogen and oxygen atoms in total. The number of rotatable bonds is 16. The number of hydrogen-bond donors (Lipinski definition) is 5. The second-order valence-corrected chi connectivity index (χ2v) is 22.8. The predicted octanol–water partition coefficient (Wildman–Crippen LogP) is 5.13. The first kappa shape index (κ1) is 61.6. The van der Waals surface area contributed by atoms with Gasteiger partial charge in [-0.3, -0.25) is 9.78 Å². The van der Waals surface area contributed by atoms with Gasteiger partial charge in [0.1, 0.15) is 48.8 Å². The van der Waals surface area contributed by atoms with Gasteiger partial charge in [-0.2, -0.15) is 0 Å². The number of likely N-dealkylation sites (N-methyl/N-ethyl adjacent to an activating group) is 2. The molecule has 1 aromatic carbocycles. The Labute approximate surface area is 449 Å². The van der Waals surface area contributed by atoms with Crippen LogP contribution < -0.4 is 0 Å². The number of hydrogen-bond acceptors (Lipinski definition) is 18. The quantitative estimate of drug-likeness (QED) is 0.117. The Morgan fingerprint density at radius 1 is 0.934 bits per heavy atom. The molecular weight excluding hydrogens is 984 g/mol. The number of aromatic nitrogens is 4. The number of aliphatic hydroxyl groups is 5. The lowest BCUT2D eigenvalue weighted by atomic mass is 9.83. The van der Waals surface area contributed by atoms with Gasteiger partial charge in [-0.25, -0.2) is 9.07 Å². The molecule has 6 rings (SSSR count). The minimum Gasteiger partial charge on any atom is -0.459 e. The summed E-state index contributed by atoms with van der Waals surface area (Å²) in [4.78, 5) is 22.7. The van der Waals surface area contributed by atoms with Crippen molar-refractivity contribution in [3.8, 4) is 11.1 Å². The van der Waals surface area contributed by atoms with Crippen LogP contribution in [0.3, 0.4) is 0 Å². The summed E-state index contributed by atoms with van der Waals surface area (Å²) >= 11 is 0. The van der Waals surface area contributed by atoms with Crippen LogP contribution in [0.1, 0.15) is 124 Å². The number of halogens is 1. The third-order valence-corrected chi connectivity index (χ3v) is 16.6. The van der Waals surface area contributed by atoms with Crippen LogP contribution in [0.15, 0.2) is 48.8 Å². The molecule has 0 spiro atoms. The van der Waals surface area contributed by atoms with E-state index < -0.39 is 121 Å². The van der Waals surface area contributed by atoms with E-state index in [2.05, 4.69) is 15.3 Å². The van der Waals surface area contributed by atoms with Crippen LogP contribution in [0.25, 0.3) is 11.1 Å². The van der Waals surface area contributed by atoms with Gasteiger partial charge in [0.2, 0.25) is 0 Å². The fourth-order valence-corrected chi connectivity index (χ4v) is 11.4. The fraction of sp³-hybridized carbons (Fsp3) is 0.750. The van der Waals surface area contributed by atoms with Gasteiger partial charge in [0, 0.05) is 82.3 Å². The summed E-state index contributed by atoms with van der Waals surface area (Å²) in [5, 5.41) is 68.3. The molecular formula is C56H89FN6O13. The zero-order valence-corrected chi connectivity index (χ0v) is 47.3. The molecule has 3 aliphatic heterocycles. The maximum Gasteiger partial charge on any atom is 0.311 e. The first-order valence-electron chi connectivity index (χ1n) is 27.1. The van der Waals surface area contributed by atoms with E-state index in [-0.39, 0.29) is 31.6 Å². The number of aliphatic hydroxyl groups excluding tert-OH is 3. The summed E-state index contributed by atoms with van der Waals surface area (Å²) in [5.74, 6) is -2.00. The van der Waals surface area contributed by atoms with Crippen molar-refractivity contribution in [3.05, 3.63) is 65.7 Å². The van der Waals surface area contributed by atoms with Crippen LogP contribution in [0, 0.1) is 18.8 Å². The van der Waals surface area contributed by atoms with E-state index in [9.17, 15) is 34.7 Å². The fourth-order valence-electron chi connectivity index (χ4n) is 11.4. The second kappa shape index (κ2) is 26.1. The summed E-state index contributed by atoms with van der Waals surface area (Å²) < 4.78 is 60.3. The van der Waals surface area contributed by atoms with Crippen LogP contribution in [-0.2, 0) is 44.4 Å². The van der Waals surface area contributed by atoms with Crippen molar-refractivity contribution in [2.24, 2.45) is 11.8 Å². The lowest BCUT2D eigenvalue weighted by molar-refractivity contribution is -0.308. The smallest absolute Gasteiger partial charge is 0.311 e. The minimum absolute atomic E-state index is 0.0908. The Morgan fingerprint density at radius 3 is 2.24 bits per heavy atom. The number of benzene rings is 1. The monoisotopic (exact) mass is 1070 g/mol. The molecule has 5 N–H and O–H groups in total. The van der Waals surface area contributed by atoms with Crippen LogP contribution in [0.2, 0.25) is 0 Å². The summed E-state index contributed by atoms with van der Waals surface area (Å²) in [6.07, 6.45) is -6.11. The van der Waals surface area contributed by atoms with E-state index in [1.807, 2.05) is 87.3 Å². The highest BCUT2D eigenvalue weighted by molar-refractivity contribution is 5.73. The topological polar surface area (TPSA) is 233 Å². The Kier molecular flexibility index (Phi) is 21.2. The van der Waals surface area contributed by atoms with Gasteiger partial charge in [-0.1, -0.05) is 49.4 Å². The first-order valence-corrected chi connectivity index (χ1v) is 27.1. The van der Waals surface area contributed by atoms with Gasteiger partial charge >= 0.3 is 5.97 Å². The van der Waals surface area contributed by atoms with E-state index in [0.29, 0.717) is 31.6 Å². The van der Waals surface area contributed by atoms with Gasteiger partial charge in [0.15, 0.2) is 12.6 Å². The molecule has 3 saturated heterocycles. The van der Waals surface area contributed by atoms with Crippen molar-refractivity contribution in [2.45, 2.75) is 210 Å². The average molecular weight is 1070 g/mol. The van der Waals surface area contributed by atoms with Crippen LogP contribution in [-0.4, -0.2) is 200 Å². The van der Waals surface area contributed by atoms with Crippen molar-refractivity contribution in [3.63, 3.8) is 0 Å². The van der Waals surface area contributed by atoms with Crippen LogP contribution in [0.4, 0.5) is 4.39 Å². The molecule has 428 valence electrons. The second-order valence-electron chi connectivity index (χ2n) is 22.8. The number of alkyl halides is 1. The number of carbonyl (C=O) groups excluding carboxylic acids is 1. The lowest BCUT2D eigenvalue weighted by Gasteiger charge is -2.47. The largest absolute Gasteiger partial charge is 0.459 e. The summed E-state index contributed by atoms with van der Waals surface area (Å²) in [7, 11) is 6.75. The summed E-state index contributed by atoms with van der Waals surface area (Å²) in [5.41, 5.74) is -0.284. The van der Waals surface area contributed by atoms with Crippen molar-refractivity contribution in [1.82, 2.24) is 29.8 Å². The van der Waals surface area contributed by atoms with Crippen LogP contribution in [0.5, 0.6) is 0 Å². The number of cyclic esters (lactones) is 1. The molecule has 3 aliphatic rings. The van der Waals surface area contributed by atoms with E-state index in [4.69, 9.17) is 33.2 Å². The highest BCUT2D eigenvalue weighted by Gasteiger charge is 2.51. The van der Waals surface area contributed by atoms with Gasteiger partial charge in [0.05, 0.1) is 47.2 Å². The maximum absolute atomic E-state index is 14.9. The van der Waals surface area contributed by atoms with Gasteiger partial charge in [-0.15, -0.1) is 5.10 Å². The molecule has 3 aromatic rings. The molecule has 19 atom stereocenters. The molecule has 0 aliphatic carbocycles. The standard InChI is InChI=1S/C56H89FN6O13/c1-15-45-56(10,69)50(65)36(6)62(12)30-32(2)26-54(8,68)46(25-44(35(5)52(67)75-45)74-47-27-55(9,71-14)51(66)37(7)73-47)76-53-48(64)42(24-34(4)72-53)61(11)23-22-41-31-63(60-59-41)43(28-57)49(70-13)39-20-18-38(19-21-39)40-17-16-33(3)58-29-40/h16-21,29,31-32,34-37,42-51,53,64-66,68-69H,15,22-28,30H2,1-14H3/t32-,34-,35-,36-,37+,42+,43-,44+,45-,46-,47+,48-,49-,50-,51+,53+,54-,55-,56-/m1/s1. The molecule has 5 heterocycles. The first-order chi connectivity index (χ1) is 35.8. The van der Waals surface area contributed by atoms with Crippen molar-refractivity contribution in [1.29, 1.82) is 0 Å². The number of esters is 1. The number of nitrogens with zero attached hydrogens (tertiary/aromatic N) is 6. The molecule has 0 radical (unpaired) electrons. The average Bonchev–Trinajstić information content (AvgIpc) is 3.85. The number of carbonyl (C=O) groups is 1. The Morgan fingerprint density at radius 2 is 1.62 bits per heavy atom. The molecule has 3 fully saturated rings. The normalized spacial score (nSPS) is 37.5. The number of ether oxygens (including phenoxy) is 7. The van der Waals surface area contributed by atoms with Gasteiger partial charge < -0.3 is 68.5 Å². The van der Waals surface area contributed by atoms with Gasteiger partial charge in [-0.05, 0) is 112 Å². The SMILES string of the molecule is CC[C@H]1OC(=O)[C@H](C)[C@@H](O[C@H]2C[C@@](C)(OC)[C@@H](O)[C@H](C)O2)C[C@@H](O[C@@H]2O[C@H](C)C[C@H](N(C)CCc3cn([C@H](CF)[C@H](OC)c4ccc(-c5ccc(C)nc5)cc4)nn3)[C@H]2O)[C@](C)(O)C[C@@H](C)CN(C)[C@H](C)[C@@H](O)[C@]1(C)O. The molecule has 0 amide bonds. The lowest BCUT2D eigenvalue weighted by Crippen LogP contribution is -2.59. The Hall–Kier alpha value is -3.61. The van der Waals surface area contributed by atoms with Gasteiger partial charge in [0.25, 0.3) is 0 Å². The molecule has 0 unspecified atom stereocenters. The molecule has 0 saturated carbocycles. The summed E-state index contributed by atoms with van der Waals surface area (Å²) in [6, 6.07) is 9.86. The zero-order valence-electron chi connectivity index (χ0n) is 47.3. The predicted molar refractivity (Wildman–Crippen MR) is 281 cm³/mol. The Balaban J connectivity index is 1.23. The molecule has 0 bridgehead atoms. The number of methoxy groups -OCH3 is 2. The molecule has 2 aromatic heterocycles. The van der Waals surface area contributed by atoms with E-state index in [0.717, 1.165) is 22.4 Å². The van der Waals surface area contributed by atoms with Crippen molar-refractivity contribution < 1.29 is 67.9 Å². The van der Waals surface area contributed by atoms with Crippen molar-refractivity contribution >= 4 is 5.97 Å². The molecule has 20 heteroatoms. The van der Waals surface area contributed by atoms with Crippen LogP contribution >= 0.6 is 0 Å². The van der Waals surface area contributed by atoms with E-state index in [1.165, 1.54) is 18.7 Å². The van der Waals surface area contributed by atoms with E-state index >= 15 is 0 Å². The van der Waals surface area contributed by atoms with E-state index in [1.54, 1.807) is 54.8 Å². The third kappa shape index (κ3) is 14.4. The zero-order chi connectivity index (χ0) is 56.0. The third-order valence-electron chi connectivity index (χ3n) is 16.6. The number of pyridine rings is 1. The number of aryl methyl sites for hydroxylation is 1. The summed E-state index contributed by atoms with van der Waals surface area (Å²) in [6.45, 7) is 17.6. The highest BCUT2D eigenvalue weighted by atomic mass is 19.1. The maximum atomic E-state index is 14.9. The highest BCUT2D eigenvalue weighted by Crippen LogP contribution is 2.39. The Bertz CT molecular complexity index is 2280. The van der Waals surface area contributed by atoms with Crippen molar-refractivity contribution in [2.75, 3.05) is 48.1 Å². The molecule has 76 heavy (non-hydrogen) atoms.